The standard InChI is InChI=1S/C14H23N3/c1-3-5-12-7-9-17(10-12)11-13-6-4-8-16-14(13)15-2/h4,6,8,12H,3,5,7,9-11H2,1-2H3,(H,15,16). The summed E-state index contributed by atoms with van der Waals surface area (Å²) in [4.78, 5) is 6.91. The molecule has 0 saturated carbocycles. The number of hydrogen-bond acceptors (Lipinski definition) is 3. The lowest BCUT2D eigenvalue weighted by atomic mass is 10.0. The van der Waals surface area contributed by atoms with Crippen molar-refractivity contribution in [2.45, 2.75) is 32.7 Å². The SMILES string of the molecule is CCCC1CCN(Cc2cccnc2NC)C1. The van der Waals surface area contributed by atoms with E-state index >= 15 is 0 Å². The molecule has 94 valence electrons. The van der Waals surface area contributed by atoms with Crippen LogP contribution in [-0.2, 0) is 6.54 Å². The van der Waals surface area contributed by atoms with Gasteiger partial charge in [-0.15, -0.1) is 0 Å². The quantitative estimate of drug-likeness (QED) is 0.847. The number of hydrogen-bond donors (Lipinski definition) is 1. The largest absolute Gasteiger partial charge is 0.373 e. The zero-order chi connectivity index (χ0) is 12.1. The van der Waals surface area contributed by atoms with Gasteiger partial charge >= 0.3 is 0 Å². The lowest BCUT2D eigenvalue weighted by Crippen LogP contribution is -2.21. The van der Waals surface area contributed by atoms with Crippen LogP contribution in [0.3, 0.4) is 0 Å². The highest BCUT2D eigenvalue weighted by Gasteiger charge is 2.22. The monoisotopic (exact) mass is 233 g/mol. The van der Waals surface area contributed by atoms with E-state index in [-0.39, 0.29) is 0 Å². The van der Waals surface area contributed by atoms with Crippen LogP contribution in [0.4, 0.5) is 5.82 Å². The predicted molar refractivity (Wildman–Crippen MR) is 72.1 cm³/mol. The Bertz CT molecular complexity index is 351. The first-order chi connectivity index (χ1) is 8.33. The molecule has 1 atom stereocenters. The van der Waals surface area contributed by atoms with Crippen LogP contribution >= 0.6 is 0 Å². The van der Waals surface area contributed by atoms with Crippen molar-refractivity contribution < 1.29 is 0 Å². The summed E-state index contributed by atoms with van der Waals surface area (Å²) in [5.74, 6) is 1.93. The minimum absolute atomic E-state index is 0.912. The molecule has 0 amide bonds. The van der Waals surface area contributed by atoms with E-state index in [2.05, 4.69) is 28.2 Å². The first-order valence-corrected chi connectivity index (χ1v) is 6.67. The normalized spacial score (nSPS) is 20.7. The summed E-state index contributed by atoms with van der Waals surface area (Å²) in [5, 5.41) is 3.17. The average molecular weight is 233 g/mol. The maximum atomic E-state index is 4.36. The van der Waals surface area contributed by atoms with Crippen molar-refractivity contribution in [3.8, 4) is 0 Å². The van der Waals surface area contributed by atoms with Crippen molar-refractivity contribution >= 4 is 5.82 Å². The van der Waals surface area contributed by atoms with Crippen LogP contribution in [-0.4, -0.2) is 30.0 Å². The van der Waals surface area contributed by atoms with Gasteiger partial charge in [-0.2, -0.15) is 0 Å². The van der Waals surface area contributed by atoms with Gasteiger partial charge in [0.25, 0.3) is 0 Å². The third-order valence-corrected chi connectivity index (χ3v) is 3.59. The maximum Gasteiger partial charge on any atom is 0.130 e. The second-order valence-corrected chi connectivity index (χ2v) is 4.94. The Morgan fingerprint density at radius 2 is 2.41 bits per heavy atom. The van der Waals surface area contributed by atoms with E-state index in [1.807, 2.05) is 19.3 Å². The predicted octanol–water partition coefficient (Wildman–Crippen LogP) is 2.75. The van der Waals surface area contributed by atoms with Crippen LogP contribution in [0.1, 0.15) is 31.7 Å². The van der Waals surface area contributed by atoms with E-state index in [1.54, 1.807) is 0 Å². The Hall–Kier alpha value is -1.09. The van der Waals surface area contributed by atoms with Gasteiger partial charge in [0.2, 0.25) is 0 Å². The van der Waals surface area contributed by atoms with Gasteiger partial charge in [-0.3, -0.25) is 4.90 Å². The molecule has 0 spiro atoms. The molecule has 2 heterocycles. The first-order valence-electron chi connectivity index (χ1n) is 6.67. The van der Waals surface area contributed by atoms with Gasteiger partial charge in [0.15, 0.2) is 0 Å². The fraction of sp³-hybridized carbons (Fsp3) is 0.643. The third kappa shape index (κ3) is 3.19. The lowest BCUT2D eigenvalue weighted by Gasteiger charge is -2.17. The molecule has 2 rings (SSSR count). The van der Waals surface area contributed by atoms with Gasteiger partial charge in [-0.25, -0.2) is 4.98 Å². The Balaban J connectivity index is 1.93. The van der Waals surface area contributed by atoms with Crippen LogP contribution in [0.15, 0.2) is 18.3 Å². The number of likely N-dealkylation sites (tertiary alicyclic amines) is 1. The third-order valence-electron chi connectivity index (χ3n) is 3.59. The molecule has 1 aliphatic rings. The molecular formula is C14H23N3. The molecule has 0 radical (unpaired) electrons. The fourth-order valence-corrected chi connectivity index (χ4v) is 2.73. The van der Waals surface area contributed by atoms with Crippen molar-refractivity contribution in [3.05, 3.63) is 23.9 Å². The first kappa shape index (κ1) is 12.4. The number of pyridine rings is 1. The highest BCUT2D eigenvalue weighted by atomic mass is 15.1. The van der Waals surface area contributed by atoms with Crippen molar-refractivity contribution in [1.82, 2.24) is 9.88 Å². The molecule has 0 aliphatic carbocycles. The van der Waals surface area contributed by atoms with Crippen LogP contribution in [0.25, 0.3) is 0 Å². The summed E-state index contributed by atoms with van der Waals surface area (Å²) < 4.78 is 0. The van der Waals surface area contributed by atoms with E-state index in [4.69, 9.17) is 0 Å². The van der Waals surface area contributed by atoms with Crippen molar-refractivity contribution in [2.75, 3.05) is 25.5 Å². The number of rotatable bonds is 5. The summed E-state index contributed by atoms with van der Waals surface area (Å²) >= 11 is 0. The Morgan fingerprint density at radius 1 is 1.53 bits per heavy atom. The Labute approximate surface area is 104 Å². The molecule has 0 aromatic carbocycles. The van der Waals surface area contributed by atoms with E-state index in [0.717, 1.165) is 18.3 Å². The van der Waals surface area contributed by atoms with Crippen LogP contribution in [0.5, 0.6) is 0 Å². The second kappa shape index (κ2) is 6.01. The van der Waals surface area contributed by atoms with Crippen LogP contribution in [0.2, 0.25) is 0 Å². The molecule has 3 heteroatoms. The fourth-order valence-electron chi connectivity index (χ4n) is 2.73. The lowest BCUT2D eigenvalue weighted by molar-refractivity contribution is 0.313. The molecule has 0 bridgehead atoms. The van der Waals surface area contributed by atoms with Gasteiger partial charge in [0.1, 0.15) is 5.82 Å². The highest BCUT2D eigenvalue weighted by Crippen LogP contribution is 2.23. The second-order valence-electron chi connectivity index (χ2n) is 4.94. The van der Waals surface area contributed by atoms with Gasteiger partial charge in [0, 0.05) is 31.9 Å². The molecule has 3 nitrogen and oxygen atoms in total. The van der Waals surface area contributed by atoms with Crippen LogP contribution in [0, 0.1) is 5.92 Å². The molecule has 1 fully saturated rings. The van der Waals surface area contributed by atoms with E-state index in [0.29, 0.717) is 0 Å². The van der Waals surface area contributed by atoms with E-state index in [9.17, 15) is 0 Å². The van der Waals surface area contributed by atoms with Crippen LogP contribution < -0.4 is 5.32 Å². The van der Waals surface area contributed by atoms with E-state index < -0.39 is 0 Å². The van der Waals surface area contributed by atoms with E-state index in [1.165, 1.54) is 37.9 Å². The average Bonchev–Trinajstić information content (AvgIpc) is 2.78. The van der Waals surface area contributed by atoms with Gasteiger partial charge in [-0.1, -0.05) is 19.4 Å². The minimum atomic E-state index is 0.912. The highest BCUT2D eigenvalue weighted by molar-refractivity contribution is 5.42. The summed E-state index contributed by atoms with van der Waals surface area (Å²) in [7, 11) is 1.94. The molecular weight excluding hydrogens is 210 g/mol. The zero-order valence-electron chi connectivity index (χ0n) is 10.9. The maximum absolute atomic E-state index is 4.36. The molecule has 1 aromatic rings. The smallest absolute Gasteiger partial charge is 0.130 e. The molecule has 1 N–H and O–H groups in total. The van der Waals surface area contributed by atoms with Gasteiger partial charge in [-0.05, 0) is 31.4 Å². The summed E-state index contributed by atoms with van der Waals surface area (Å²) in [6, 6.07) is 4.20. The molecule has 1 saturated heterocycles. The molecule has 1 aromatic heterocycles. The van der Waals surface area contributed by atoms with Crippen molar-refractivity contribution in [3.63, 3.8) is 0 Å². The van der Waals surface area contributed by atoms with Crippen molar-refractivity contribution in [1.29, 1.82) is 0 Å². The molecule has 17 heavy (non-hydrogen) atoms. The summed E-state index contributed by atoms with van der Waals surface area (Å²) in [6.45, 7) is 5.81. The van der Waals surface area contributed by atoms with Gasteiger partial charge < -0.3 is 5.32 Å². The Kier molecular flexibility index (Phi) is 4.37. The molecule has 1 aliphatic heterocycles. The molecule has 1 unspecified atom stereocenters. The Morgan fingerprint density at radius 3 is 3.18 bits per heavy atom. The number of aromatic nitrogens is 1. The summed E-state index contributed by atoms with van der Waals surface area (Å²) in [5.41, 5.74) is 1.31. The number of anilines is 1. The van der Waals surface area contributed by atoms with Gasteiger partial charge in [0.05, 0.1) is 0 Å². The number of nitrogens with one attached hydrogen (secondary N) is 1. The minimum Gasteiger partial charge on any atom is -0.373 e. The topological polar surface area (TPSA) is 28.2 Å². The zero-order valence-corrected chi connectivity index (χ0v) is 10.9. The summed E-state index contributed by atoms with van der Waals surface area (Å²) in [6.07, 6.45) is 5.90. The van der Waals surface area contributed by atoms with Crippen molar-refractivity contribution in [2.24, 2.45) is 5.92 Å². The number of nitrogens with zero attached hydrogens (tertiary/aromatic N) is 2.